The normalized spacial score (nSPS) is 11.7. The van der Waals surface area contributed by atoms with Crippen LogP contribution in [-0.2, 0) is 4.79 Å². The molecule has 100 valence electrons. The predicted molar refractivity (Wildman–Crippen MR) is 74.0 cm³/mol. The Morgan fingerprint density at radius 1 is 1.33 bits per heavy atom. The highest BCUT2D eigenvalue weighted by atomic mass is 16.5. The summed E-state index contributed by atoms with van der Waals surface area (Å²) >= 11 is 0. The third-order valence-corrected chi connectivity index (χ3v) is 2.65. The van der Waals surface area contributed by atoms with Gasteiger partial charge in [-0.1, -0.05) is 13.3 Å². The first-order valence-corrected chi connectivity index (χ1v) is 6.39. The number of nitrogens with one attached hydrogen (secondary N) is 2. The van der Waals surface area contributed by atoms with Crippen LogP contribution in [0.5, 0.6) is 5.75 Å². The second kappa shape index (κ2) is 7.58. The lowest BCUT2D eigenvalue weighted by atomic mass is 10.3. The molecule has 1 aromatic rings. The molecule has 0 aliphatic carbocycles. The van der Waals surface area contributed by atoms with E-state index in [9.17, 15) is 4.79 Å². The van der Waals surface area contributed by atoms with Crippen molar-refractivity contribution in [3.8, 4) is 5.75 Å². The number of hydrogen-bond acceptors (Lipinski definition) is 3. The lowest BCUT2D eigenvalue weighted by Crippen LogP contribution is -2.36. The molecular weight excluding hydrogens is 228 g/mol. The van der Waals surface area contributed by atoms with Crippen molar-refractivity contribution in [2.45, 2.75) is 32.8 Å². The van der Waals surface area contributed by atoms with Crippen LogP contribution in [0.25, 0.3) is 0 Å². The Morgan fingerprint density at radius 2 is 2.00 bits per heavy atom. The number of amides is 1. The summed E-state index contributed by atoms with van der Waals surface area (Å²) in [6, 6.07) is 7.53. The van der Waals surface area contributed by atoms with Gasteiger partial charge in [-0.05, 0) is 37.6 Å². The average Bonchev–Trinajstić information content (AvgIpc) is 2.39. The van der Waals surface area contributed by atoms with Gasteiger partial charge in [0.05, 0.1) is 0 Å². The molecular formula is C14H22N2O2. The van der Waals surface area contributed by atoms with Gasteiger partial charge in [-0.25, -0.2) is 0 Å². The summed E-state index contributed by atoms with van der Waals surface area (Å²) in [6.07, 6.45) is 1.60. The molecule has 0 fully saturated rings. The van der Waals surface area contributed by atoms with Crippen molar-refractivity contribution in [2.24, 2.45) is 0 Å². The van der Waals surface area contributed by atoms with Crippen LogP contribution in [0.15, 0.2) is 24.3 Å². The fraction of sp³-hybridized carbons (Fsp3) is 0.500. The lowest BCUT2D eigenvalue weighted by Gasteiger charge is -2.14. The van der Waals surface area contributed by atoms with Crippen LogP contribution in [0.3, 0.4) is 0 Å². The topological polar surface area (TPSA) is 50.4 Å². The molecule has 1 rings (SSSR count). The second-order valence-corrected chi connectivity index (χ2v) is 4.18. The fourth-order valence-electron chi connectivity index (χ4n) is 1.49. The number of benzene rings is 1. The Labute approximate surface area is 109 Å². The number of rotatable bonds is 7. The average molecular weight is 250 g/mol. The van der Waals surface area contributed by atoms with E-state index in [-0.39, 0.29) is 5.91 Å². The minimum atomic E-state index is -0.470. The van der Waals surface area contributed by atoms with Crippen molar-refractivity contribution in [2.75, 3.05) is 18.9 Å². The van der Waals surface area contributed by atoms with Crippen LogP contribution in [0.1, 0.15) is 26.7 Å². The summed E-state index contributed by atoms with van der Waals surface area (Å²) < 4.78 is 5.57. The molecule has 18 heavy (non-hydrogen) atoms. The summed E-state index contributed by atoms with van der Waals surface area (Å²) in [4.78, 5) is 11.7. The van der Waals surface area contributed by atoms with Crippen molar-refractivity contribution < 1.29 is 9.53 Å². The smallest absolute Gasteiger partial charge is 0.260 e. The molecule has 0 spiro atoms. The molecule has 0 bridgehead atoms. The van der Waals surface area contributed by atoms with Crippen LogP contribution in [0.4, 0.5) is 5.69 Å². The number of carbonyl (C=O) groups is 1. The van der Waals surface area contributed by atoms with Crippen LogP contribution in [0, 0.1) is 0 Å². The number of anilines is 1. The molecule has 0 aliphatic heterocycles. The van der Waals surface area contributed by atoms with E-state index in [1.807, 2.05) is 31.3 Å². The van der Waals surface area contributed by atoms with Gasteiger partial charge in [-0.15, -0.1) is 0 Å². The second-order valence-electron chi connectivity index (χ2n) is 4.18. The summed E-state index contributed by atoms with van der Waals surface area (Å²) in [5, 5.41) is 5.88. The highest BCUT2D eigenvalue weighted by Crippen LogP contribution is 2.16. The first-order chi connectivity index (χ1) is 8.67. The zero-order valence-electron chi connectivity index (χ0n) is 11.3. The minimum absolute atomic E-state index is 0.0684. The predicted octanol–water partition coefficient (Wildman–Crippen LogP) is 2.41. The summed E-state index contributed by atoms with van der Waals surface area (Å²) in [5.74, 6) is 0.633. The molecule has 0 saturated carbocycles. The van der Waals surface area contributed by atoms with Gasteiger partial charge in [-0.3, -0.25) is 4.79 Å². The van der Waals surface area contributed by atoms with Gasteiger partial charge in [-0.2, -0.15) is 0 Å². The van der Waals surface area contributed by atoms with Crippen molar-refractivity contribution in [1.29, 1.82) is 0 Å². The molecule has 0 radical (unpaired) electrons. The maximum absolute atomic E-state index is 11.7. The van der Waals surface area contributed by atoms with Gasteiger partial charge < -0.3 is 15.4 Å². The molecule has 1 aromatic carbocycles. The van der Waals surface area contributed by atoms with Gasteiger partial charge in [0.2, 0.25) is 0 Å². The Morgan fingerprint density at radius 3 is 2.56 bits per heavy atom. The van der Waals surface area contributed by atoms with Gasteiger partial charge in [0.25, 0.3) is 5.91 Å². The van der Waals surface area contributed by atoms with Gasteiger partial charge in [0, 0.05) is 19.3 Å². The molecule has 0 heterocycles. The van der Waals surface area contributed by atoms with E-state index in [0.717, 1.165) is 18.5 Å². The molecule has 2 N–H and O–H groups in total. The van der Waals surface area contributed by atoms with Gasteiger partial charge in [0.15, 0.2) is 6.10 Å². The van der Waals surface area contributed by atoms with E-state index in [0.29, 0.717) is 12.3 Å². The number of ether oxygens (including phenoxy) is 1. The standard InChI is InChI=1S/C14H22N2O2/c1-4-5-10-16-14(17)11(2)18-13-8-6-12(15-3)7-9-13/h6-9,11,15H,4-5,10H2,1-3H3,(H,16,17). The summed E-state index contributed by atoms with van der Waals surface area (Å²) in [6.45, 7) is 4.56. The highest BCUT2D eigenvalue weighted by molar-refractivity contribution is 5.80. The molecule has 4 nitrogen and oxygen atoms in total. The van der Waals surface area contributed by atoms with Crippen molar-refractivity contribution in [3.63, 3.8) is 0 Å². The van der Waals surface area contributed by atoms with Crippen LogP contribution >= 0.6 is 0 Å². The Bertz CT molecular complexity index is 363. The van der Waals surface area contributed by atoms with Gasteiger partial charge >= 0.3 is 0 Å². The first kappa shape index (κ1) is 14.4. The highest BCUT2D eigenvalue weighted by Gasteiger charge is 2.13. The maximum atomic E-state index is 11.7. The van der Waals surface area contributed by atoms with E-state index >= 15 is 0 Å². The molecule has 1 amide bonds. The summed E-state index contributed by atoms with van der Waals surface area (Å²) in [7, 11) is 1.86. The van der Waals surface area contributed by atoms with Crippen LogP contribution in [0.2, 0.25) is 0 Å². The number of carbonyl (C=O) groups excluding carboxylic acids is 1. The Hall–Kier alpha value is -1.71. The molecule has 4 heteroatoms. The fourth-order valence-corrected chi connectivity index (χ4v) is 1.49. The van der Waals surface area contributed by atoms with Crippen molar-refractivity contribution >= 4 is 11.6 Å². The van der Waals surface area contributed by atoms with E-state index < -0.39 is 6.10 Å². The molecule has 1 unspecified atom stereocenters. The third-order valence-electron chi connectivity index (χ3n) is 2.65. The van der Waals surface area contributed by atoms with E-state index in [1.165, 1.54) is 0 Å². The zero-order chi connectivity index (χ0) is 13.4. The molecule has 1 atom stereocenters. The number of hydrogen-bond donors (Lipinski definition) is 2. The first-order valence-electron chi connectivity index (χ1n) is 6.39. The summed E-state index contributed by atoms with van der Waals surface area (Å²) in [5.41, 5.74) is 1.02. The zero-order valence-corrected chi connectivity index (χ0v) is 11.3. The molecule has 0 aliphatic rings. The van der Waals surface area contributed by atoms with Crippen molar-refractivity contribution in [1.82, 2.24) is 5.32 Å². The Kier molecular flexibility index (Phi) is 6.05. The quantitative estimate of drug-likeness (QED) is 0.731. The number of unbranched alkanes of at least 4 members (excludes halogenated alkanes) is 1. The third kappa shape index (κ3) is 4.65. The minimum Gasteiger partial charge on any atom is -0.481 e. The van der Waals surface area contributed by atoms with E-state index in [4.69, 9.17) is 4.74 Å². The van der Waals surface area contributed by atoms with Crippen LogP contribution < -0.4 is 15.4 Å². The molecule has 0 saturated heterocycles. The Balaban J connectivity index is 2.42. The maximum Gasteiger partial charge on any atom is 0.260 e. The SMILES string of the molecule is CCCCNC(=O)C(C)Oc1ccc(NC)cc1. The largest absolute Gasteiger partial charge is 0.481 e. The lowest BCUT2D eigenvalue weighted by molar-refractivity contribution is -0.127. The van der Waals surface area contributed by atoms with Crippen molar-refractivity contribution in [3.05, 3.63) is 24.3 Å². The molecule has 0 aromatic heterocycles. The van der Waals surface area contributed by atoms with E-state index in [2.05, 4.69) is 17.6 Å². The van der Waals surface area contributed by atoms with E-state index in [1.54, 1.807) is 6.92 Å². The monoisotopic (exact) mass is 250 g/mol. The van der Waals surface area contributed by atoms with Crippen LogP contribution in [-0.4, -0.2) is 25.6 Å². The van der Waals surface area contributed by atoms with Gasteiger partial charge in [0.1, 0.15) is 5.75 Å².